The maximum absolute atomic E-state index is 13.7. The summed E-state index contributed by atoms with van der Waals surface area (Å²) < 4.78 is 28.4. The van der Waals surface area contributed by atoms with Gasteiger partial charge in [-0.25, -0.2) is 8.42 Å². The number of carbonyl (C=O) groups excluding carboxylic acids is 2. The van der Waals surface area contributed by atoms with Crippen molar-refractivity contribution >= 4 is 56.4 Å². The van der Waals surface area contributed by atoms with Crippen LogP contribution in [-0.2, 0) is 26.2 Å². The molecule has 2 N–H and O–H groups in total. The summed E-state index contributed by atoms with van der Waals surface area (Å²) in [6.07, 6.45) is -0.385. The normalized spacial score (nSPS) is 15.5. The number of sulfonamides is 1. The second-order valence-corrected chi connectivity index (χ2v) is 9.91. The second-order valence-electron chi connectivity index (χ2n) is 7.34. The summed E-state index contributed by atoms with van der Waals surface area (Å²) in [5, 5.41) is 5.32. The highest BCUT2D eigenvalue weighted by Crippen LogP contribution is 2.39. The van der Waals surface area contributed by atoms with E-state index in [9.17, 15) is 18.0 Å². The van der Waals surface area contributed by atoms with Crippen molar-refractivity contribution in [3.63, 3.8) is 0 Å². The summed E-state index contributed by atoms with van der Waals surface area (Å²) in [5.41, 5.74) is 1.42. The van der Waals surface area contributed by atoms with Crippen LogP contribution >= 0.6 is 23.2 Å². The highest BCUT2D eigenvalue weighted by Gasteiger charge is 2.42. The molecule has 10 heteroatoms. The molecule has 1 heterocycles. The maximum atomic E-state index is 13.7. The zero-order valence-electron chi connectivity index (χ0n) is 17.2. The molecule has 2 amide bonds. The highest BCUT2D eigenvalue weighted by atomic mass is 35.5. The fraction of sp³-hybridized carbons (Fsp3) is 0.130. The molecule has 0 saturated carbocycles. The van der Waals surface area contributed by atoms with Gasteiger partial charge in [0.15, 0.2) is 0 Å². The van der Waals surface area contributed by atoms with Gasteiger partial charge in [0, 0.05) is 6.54 Å². The lowest BCUT2D eigenvalue weighted by molar-refractivity contribution is -0.125. The van der Waals surface area contributed by atoms with Crippen molar-refractivity contribution in [3.8, 4) is 0 Å². The van der Waals surface area contributed by atoms with Gasteiger partial charge >= 0.3 is 0 Å². The molecule has 1 aliphatic heterocycles. The monoisotopic (exact) mass is 503 g/mol. The molecule has 0 spiro atoms. The van der Waals surface area contributed by atoms with Crippen molar-refractivity contribution in [3.05, 3.63) is 88.4 Å². The van der Waals surface area contributed by atoms with E-state index in [-0.39, 0.29) is 33.6 Å². The van der Waals surface area contributed by atoms with E-state index in [1.807, 2.05) is 30.3 Å². The van der Waals surface area contributed by atoms with E-state index in [0.29, 0.717) is 5.69 Å². The van der Waals surface area contributed by atoms with Gasteiger partial charge < -0.3 is 10.6 Å². The van der Waals surface area contributed by atoms with Gasteiger partial charge in [-0.1, -0.05) is 71.7 Å². The summed E-state index contributed by atoms with van der Waals surface area (Å²) in [5.74, 6) is -1.10. The lowest BCUT2D eigenvalue weighted by atomic mass is 10.1. The van der Waals surface area contributed by atoms with Gasteiger partial charge in [0.1, 0.15) is 10.9 Å². The predicted molar refractivity (Wildman–Crippen MR) is 128 cm³/mol. The van der Waals surface area contributed by atoms with Crippen LogP contribution in [0.1, 0.15) is 12.0 Å². The predicted octanol–water partition coefficient (Wildman–Crippen LogP) is 4.22. The number of amides is 2. The third kappa shape index (κ3) is 4.68. The van der Waals surface area contributed by atoms with Crippen LogP contribution in [0.15, 0.2) is 77.7 Å². The molecular weight excluding hydrogens is 485 g/mol. The fourth-order valence-corrected chi connectivity index (χ4v) is 5.94. The van der Waals surface area contributed by atoms with Gasteiger partial charge in [-0.15, -0.1) is 0 Å². The summed E-state index contributed by atoms with van der Waals surface area (Å²) in [6, 6.07) is 18.6. The molecule has 0 unspecified atom stereocenters. The number of carbonyl (C=O) groups is 2. The Hall–Kier alpha value is -3.07. The van der Waals surface area contributed by atoms with Crippen molar-refractivity contribution in [1.82, 2.24) is 5.32 Å². The number of para-hydroxylation sites is 2. The Labute approximate surface area is 201 Å². The molecule has 0 saturated heterocycles. The Morgan fingerprint density at radius 2 is 1.67 bits per heavy atom. The van der Waals surface area contributed by atoms with Crippen molar-refractivity contribution in [2.24, 2.45) is 0 Å². The molecule has 3 aromatic rings. The third-order valence-corrected chi connectivity index (χ3v) is 7.95. The summed E-state index contributed by atoms with van der Waals surface area (Å²) >= 11 is 12.3. The molecular formula is C23H19Cl2N3O4S. The van der Waals surface area contributed by atoms with Gasteiger partial charge in [0.2, 0.25) is 11.8 Å². The van der Waals surface area contributed by atoms with Crippen LogP contribution in [0, 0.1) is 0 Å². The first-order valence-electron chi connectivity index (χ1n) is 9.98. The molecule has 1 aliphatic rings. The summed E-state index contributed by atoms with van der Waals surface area (Å²) in [7, 11) is -4.35. The SMILES string of the molecule is O=C(C[C@@H]1C(=O)Nc2ccccc2N1S(=O)(=O)c1cccc(Cl)c1Cl)NCc1ccccc1. The van der Waals surface area contributed by atoms with Crippen molar-refractivity contribution in [1.29, 1.82) is 0 Å². The first kappa shape index (κ1) is 23.1. The van der Waals surface area contributed by atoms with Crippen LogP contribution in [-0.4, -0.2) is 26.3 Å². The van der Waals surface area contributed by atoms with Gasteiger partial charge in [0.05, 0.1) is 27.8 Å². The van der Waals surface area contributed by atoms with E-state index >= 15 is 0 Å². The van der Waals surface area contributed by atoms with Crippen molar-refractivity contribution < 1.29 is 18.0 Å². The Morgan fingerprint density at radius 3 is 2.42 bits per heavy atom. The Balaban J connectivity index is 1.70. The molecule has 3 aromatic carbocycles. The molecule has 0 aliphatic carbocycles. The van der Waals surface area contributed by atoms with E-state index in [1.165, 1.54) is 18.2 Å². The zero-order valence-corrected chi connectivity index (χ0v) is 19.5. The number of halogens is 2. The number of hydrogen-bond acceptors (Lipinski definition) is 4. The second kappa shape index (κ2) is 9.43. The number of nitrogens with zero attached hydrogens (tertiary/aromatic N) is 1. The maximum Gasteiger partial charge on any atom is 0.266 e. The van der Waals surface area contributed by atoms with Crippen molar-refractivity contribution in [2.45, 2.75) is 23.9 Å². The molecule has 0 radical (unpaired) electrons. The van der Waals surface area contributed by atoms with Crippen LogP contribution in [0.25, 0.3) is 0 Å². The van der Waals surface area contributed by atoms with E-state index in [4.69, 9.17) is 23.2 Å². The third-order valence-electron chi connectivity index (χ3n) is 5.15. The number of hydrogen-bond donors (Lipinski definition) is 2. The summed E-state index contributed by atoms with van der Waals surface area (Å²) in [6.45, 7) is 0.247. The Kier molecular flexibility index (Phi) is 6.60. The molecule has 33 heavy (non-hydrogen) atoms. The molecule has 7 nitrogen and oxygen atoms in total. The minimum Gasteiger partial charge on any atom is -0.352 e. The molecule has 1 atom stereocenters. The van der Waals surface area contributed by atoms with Crippen LogP contribution < -0.4 is 14.9 Å². The van der Waals surface area contributed by atoms with Gasteiger partial charge in [-0.2, -0.15) is 0 Å². The van der Waals surface area contributed by atoms with Crippen molar-refractivity contribution in [2.75, 3.05) is 9.62 Å². The molecule has 0 aromatic heterocycles. The average Bonchev–Trinajstić information content (AvgIpc) is 2.80. The fourth-order valence-electron chi connectivity index (χ4n) is 3.57. The minimum absolute atomic E-state index is 0.0599. The molecule has 0 fully saturated rings. The first-order valence-corrected chi connectivity index (χ1v) is 12.2. The zero-order chi connectivity index (χ0) is 23.6. The standard InChI is InChI=1S/C23H19Cl2N3O4S/c24-16-9-6-12-20(22(16)25)33(31,32)28-18-11-5-4-10-17(18)27-23(30)19(28)13-21(29)26-14-15-7-2-1-3-8-15/h1-12,19H,13-14H2,(H,26,29)(H,27,30)/t19-/m1/s1. The smallest absolute Gasteiger partial charge is 0.266 e. The molecule has 4 rings (SSSR count). The van der Waals surface area contributed by atoms with Crippen LogP contribution in [0.3, 0.4) is 0 Å². The highest BCUT2D eigenvalue weighted by molar-refractivity contribution is 7.93. The topological polar surface area (TPSA) is 95.6 Å². The number of anilines is 2. The lowest BCUT2D eigenvalue weighted by Crippen LogP contribution is -2.52. The van der Waals surface area contributed by atoms with Crippen LogP contribution in [0.4, 0.5) is 11.4 Å². The number of benzene rings is 3. The average molecular weight is 504 g/mol. The van der Waals surface area contributed by atoms with E-state index in [0.717, 1.165) is 9.87 Å². The largest absolute Gasteiger partial charge is 0.352 e. The Bertz CT molecular complexity index is 1320. The number of nitrogens with one attached hydrogen (secondary N) is 2. The van der Waals surface area contributed by atoms with E-state index in [1.54, 1.807) is 24.3 Å². The van der Waals surface area contributed by atoms with E-state index in [2.05, 4.69) is 10.6 Å². The minimum atomic E-state index is -4.35. The van der Waals surface area contributed by atoms with Crippen LogP contribution in [0.2, 0.25) is 10.0 Å². The molecule has 0 bridgehead atoms. The Morgan fingerprint density at radius 1 is 0.970 bits per heavy atom. The quantitative estimate of drug-likeness (QED) is 0.526. The number of fused-ring (bicyclic) bond motifs is 1. The van der Waals surface area contributed by atoms with Gasteiger partial charge in [-0.3, -0.25) is 13.9 Å². The lowest BCUT2D eigenvalue weighted by Gasteiger charge is -2.36. The summed E-state index contributed by atoms with van der Waals surface area (Å²) in [4.78, 5) is 25.4. The number of rotatable bonds is 6. The van der Waals surface area contributed by atoms with Gasteiger partial charge in [-0.05, 0) is 29.8 Å². The molecule has 170 valence electrons. The van der Waals surface area contributed by atoms with Crippen LogP contribution in [0.5, 0.6) is 0 Å². The first-order chi connectivity index (χ1) is 15.8. The van der Waals surface area contributed by atoms with E-state index < -0.39 is 27.9 Å². The van der Waals surface area contributed by atoms with Gasteiger partial charge in [0.25, 0.3) is 10.0 Å².